The van der Waals surface area contributed by atoms with Crippen LogP contribution in [0.25, 0.3) is 0 Å². The minimum absolute atomic E-state index is 0.384. The molecule has 0 aliphatic rings. The zero-order chi connectivity index (χ0) is 19.9. The van der Waals surface area contributed by atoms with Crippen molar-refractivity contribution < 1.29 is 14.4 Å². The predicted molar refractivity (Wildman–Crippen MR) is 108 cm³/mol. The van der Waals surface area contributed by atoms with Crippen LogP contribution in [0.5, 0.6) is 0 Å². The number of hydroxylamine groups is 1. The van der Waals surface area contributed by atoms with Crippen LogP contribution in [0.1, 0.15) is 81.1 Å². The summed E-state index contributed by atoms with van der Waals surface area (Å²) in [5, 5.41) is 2.35. The summed E-state index contributed by atoms with van der Waals surface area (Å²) in [6.45, 7) is 4.42. The topological polar surface area (TPSA) is 67.4 Å². The maximum absolute atomic E-state index is 12.0. The summed E-state index contributed by atoms with van der Waals surface area (Å²) < 4.78 is 0. The molecule has 1 aromatic rings. The van der Waals surface area contributed by atoms with E-state index in [9.17, 15) is 9.59 Å². The molecule has 1 aromatic carbocycles. The van der Waals surface area contributed by atoms with Crippen LogP contribution >= 0.6 is 0 Å². The van der Waals surface area contributed by atoms with Crippen molar-refractivity contribution in [2.24, 2.45) is 0 Å². The largest absolute Gasteiger partial charge is 0.301 e. The van der Waals surface area contributed by atoms with Gasteiger partial charge >= 0.3 is 0 Å². The maximum atomic E-state index is 12.0. The van der Waals surface area contributed by atoms with Gasteiger partial charge < -0.3 is 4.84 Å². The van der Waals surface area contributed by atoms with Crippen LogP contribution in [0.15, 0.2) is 24.3 Å². The van der Waals surface area contributed by atoms with Gasteiger partial charge in [-0.05, 0) is 37.6 Å². The highest BCUT2D eigenvalue weighted by Gasteiger charge is 2.16. The van der Waals surface area contributed by atoms with E-state index in [-0.39, 0.29) is 0 Å². The van der Waals surface area contributed by atoms with Crippen LogP contribution in [0, 0.1) is 12.3 Å². The molecule has 5 nitrogen and oxygen atoms in total. The zero-order valence-corrected chi connectivity index (χ0v) is 16.6. The summed E-state index contributed by atoms with van der Waals surface area (Å²) >= 11 is 0. The molecule has 0 radical (unpaired) electrons. The molecule has 2 N–H and O–H groups in total. The van der Waals surface area contributed by atoms with Gasteiger partial charge in [0, 0.05) is 11.1 Å². The van der Waals surface area contributed by atoms with E-state index in [1.165, 1.54) is 38.5 Å². The van der Waals surface area contributed by atoms with Crippen molar-refractivity contribution in [1.82, 2.24) is 10.8 Å². The number of hydrogen-bond donors (Lipinski definition) is 2. The van der Waals surface area contributed by atoms with Gasteiger partial charge in [-0.3, -0.25) is 14.9 Å². The molecule has 5 heteroatoms. The molecule has 0 fully saturated rings. The Morgan fingerprint density at radius 3 is 2.22 bits per heavy atom. The summed E-state index contributed by atoms with van der Waals surface area (Å²) in [6.07, 6.45) is 15.1. The molecule has 1 rings (SSSR count). The Hall–Kier alpha value is -2.16. The first-order valence-corrected chi connectivity index (χ1v) is 9.87. The van der Waals surface area contributed by atoms with Crippen LogP contribution in [0.4, 0.5) is 0 Å². The Labute approximate surface area is 163 Å². The third-order valence-electron chi connectivity index (χ3n) is 4.30. The van der Waals surface area contributed by atoms with E-state index in [0.29, 0.717) is 17.7 Å². The molecule has 0 bridgehead atoms. The first-order chi connectivity index (χ1) is 13.1. The second kappa shape index (κ2) is 14.0. The average Bonchev–Trinajstić information content (AvgIpc) is 2.69. The van der Waals surface area contributed by atoms with E-state index in [1.54, 1.807) is 31.2 Å². The number of terminal acetylenes is 1. The van der Waals surface area contributed by atoms with Crippen molar-refractivity contribution in [3.63, 3.8) is 0 Å². The minimum atomic E-state index is -0.618. The van der Waals surface area contributed by atoms with E-state index in [2.05, 4.69) is 23.6 Å². The van der Waals surface area contributed by atoms with Gasteiger partial charge in [0.2, 0.25) is 5.91 Å². The molecule has 0 aromatic heterocycles. The van der Waals surface area contributed by atoms with Crippen molar-refractivity contribution in [3.8, 4) is 12.3 Å². The Kier molecular flexibility index (Phi) is 11.8. The molecule has 0 unspecified atom stereocenters. The summed E-state index contributed by atoms with van der Waals surface area (Å²) in [5.74, 6) is 1.59. The SMILES string of the molecule is C#Cc1ccc(C(=O)NC(=O)[C@H](C)NOCCCCCCCCCC)cc1. The van der Waals surface area contributed by atoms with Crippen molar-refractivity contribution in [3.05, 3.63) is 35.4 Å². The van der Waals surface area contributed by atoms with Crippen LogP contribution in [-0.2, 0) is 9.63 Å². The highest BCUT2D eigenvalue weighted by atomic mass is 16.6. The van der Waals surface area contributed by atoms with Gasteiger partial charge in [-0.1, -0.05) is 57.8 Å². The van der Waals surface area contributed by atoms with Gasteiger partial charge in [0.25, 0.3) is 5.91 Å². The number of nitrogens with one attached hydrogen (secondary N) is 2. The molecule has 2 amide bonds. The van der Waals surface area contributed by atoms with Crippen molar-refractivity contribution in [1.29, 1.82) is 0 Å². The second-order valence-corrected chi connectivity index (χ2v) is 6.70. The number of amides is 2. The number of imide groups is 1. The molecule has 0 spiro atoms. The van der Waals surface area contributed by atoms with E-state index >= 15 is 0 Å². The van der Waals surface area contributed by atoms with Crippen LogP contribution in [0.3, 0.4) is 0 Å². The van der Waals surface area contributed by atoms with E-state index in [0.717, 1.165) is 12.8 Å². The summed E-state index contributed by atoms with van der Waals surface area (Å²) in [6, 6.07) is 5.89. The minimum Gasteiger partial charge on any atom is -0.301 e. The summed E-state index contributed by atoms with van der Waals surface area (Å²) in [4.78, 5) is 29.4. The monoisotopic (exact) mass is 372 g/mol. The maximum Gasteiger partial charge on any atom is 0.257 e. The number of carbonyl (C=O) groups is 2. The van der Waals surface area contributed by atoms with Crippen molar-refractivity contribution in [2.45, 2.75) is 71.3 Å². The smallest absolute Gasteiger partial charge is 0.257 e. The highest BCUT2D eigenvalue weighted by Crippen LogP contribution is 2.08. The lowest BCUT2D eigenvalue weighted by Gasteiger charge is -2.13. The van der Waals surface area contributed by atoms with E-state index in [1.807, 2.05) is 0 Å². The molecule has 27 heavy (non-hydrogen) atoms. The molecule has 0 saturated carbocycles. The van der Waals surface area contributed by atoms with Crippen molar-refractivity contribution in [2.75, 3.05) is 6.61 Å². The zero-order valence-electron chi connectivity index (χ0n) is 16.6. The highest BCUT2D eigenvalue weighted by molar-refractivity contribution is 6.05. The lowest BCUT2D eigenvalue weighted by molar-refractivity contribution is -0.125. The lowest BCUT2D eigenvalue weighted by atomic mass is 10.1. The fourth-order valence-corrected chi connectivity index (χ4v) is 2.56. The quantitative estimate of drug-likeness (QED) is 0.312. The Morgan fingerprint density at radius 2 is 1.63 bits per heavy atom. The standard InChI is InChI=1S/C22H32N2O3/c1-4-6-7-8-9-10-11-12-17-27-24-18(3)21(25)23-22(26)20-15-13-19(5-2)14-16-20/h2,13-16,18,24H,4,6-12,17H2,1,3H3,(H,23,25,26)/t18-/m0/s1. The number of benzene rings is 1. The Morgan fingerprint density at radius 1 is 1.04 bits per heavy atom. The third kappa shape index (κ3) is 9.93. The molecule has 0 saturated heterocycles. The predicted octanol–water partition coefficient (Wildman–Crippen LogP) is 3.97. The molecular formula is C22H32N2O3. The van der Waals surface area contributed by atoms with Gasteiger partial charge in [-0.15, -0.1) is 6.42 Å². The Bertz CT molecular complexity index is 605. The van der Waals surface area contributed by atoms with Crippen LogP contribution in [-0.4, -0.2) is 24.5 Å². The number of rotatable bonds is 13. The number of hydrogen-bond acceptors (Lipinski definition) is 4. The van der Waals surface area contributed by atoms with Gasteiger partial charge in [-0.25, -0.2) is 0 Å². The van der Waals surface area contributed by atoms with E-state index in [4.69, 9.17) is 11.3 Å². The Balaban J connectivity index is 2.13. The molecule has 0 aliphatic carbocycles. The van der Waals surface area contributed by atoms with Gasteiger partial charge in [0.05, 0.1) is 6.61 Å². The molecule has 1 atom stereocenters. The average molecular weight is 373 g/mol. The van der Waals surface area contributed by atoms with Gasteiger partial charge in [0.1, 0.15) is 6.04 Å². The second-order valence-electron chi connectivity index (χ2n) is 6.70. The third-order valence-corrected chi connectivity index (χ3v) is 4.30. The molecule has 0 heterocycles. The van der Waals surface area contributed by atoms with Crippen LogP contribution in [0.2, 0.25) is 0 Å². The van der Waals surface area contributed by atoms with E-state index < -0.39 is 17.9 Å². The normalized spacial score (nSPS) is 11.6. The first kappa shape index (κ1) is 22.9. The summed E-state index contributed by atoms with van der Waals surface area (Å²) in [5.41, 5.74) is 3.75. The number of carbonyl (C=O) groups excluding carboxylic acids is 2. The fraction of sp³-hybridized carbons (Fsp3) is 0.545. The van der Waals surface area contributed by atoms with Crippen LogP contribution < -0.4 is 10.8 Å². The fourth-order valence-electron chi connectivity index (χ4n) is 2.56. The molecule has 0 aliphatic heterocycles. The molecule has 148 valence electrons. The van der Waals surface area contributed by atoms with Crippen molar-refractivity contribution >= 4 is 11.8 Å². The van der Waals surface area contributed by atoms with Gasteiger partial charge in [0.15, 0.2) is 0 Å². The summed E-state index contributed by atoms with van der Waals surface area (Å²) in [7, 11) is 0. The molecular weight excluding hydrogens is 340 g/mol. The number of unbranched alkanes of at least 4 members (excludes halogenated alkanes) is 7. The van der Waals surface area contributed by atoms with Gasteiger partial charge in [-0.2, -0.15) is 5.48 Å². The first-order valence-electron chi connectivity index (χ1n) is 9.87. The lowest BCUT2D eigenvalue weighted by Crippen LogP contribution is -2.44.